The van der Waals surface area contributed by atoms with E-state index in [4.69, 9.17) is 5.11 Å². The minimum absolute atomic E-state index is 0.350. The standard InChI is InChI=1S/C18H19N3O4S/c1-10(18(24)25)20-16(23)14-12-6-2-3-7-13(12)26-17(14)21-15(22)11-5-4-8-19-9-11/h4-5,8-10H,2-3,6-7H2,1H3,(H,20,23)(H,21,22)(H,24,25)/t10-/m1/s1. The number of aliphatic carboxylic acids is 1. The lowest BCUT2D eigenvalue weighted by atomic mass is 9.95. The summed E-state index contributed by atoms with van der Waals surface area (Å²) in [6.45, 7) is 1.41. The number of carboxylic acid groups (broad SMARTS) is 1. The van der Waals surface area contributed by atoms with Crippen molar-refractivity contribution in [1.82, 2.24) is 10.3 Å². The van der Waals surface area contributed by atoms with Crippen molar-refractivity contribution in [2.24, 2.45) is 0 Å². The first kappa shape index (κ1) is 18.1. The third kappa shape index (κ3) is 3.75. The van der Waals surface area contributed by atoms with E-state index in [1.165, 1.54) is 24.5 Å². The van der Waals surface area contributed by atoms with Gasteiger partial charge < -0.3 is 15.7 Å². The Morgan fingerprint density at radius 3 is 2.69 bits per heavy atom. The first-order valence-electron chi connectivity index (χ1n) is 8.37. The SMILES string of the molecule is C[C@@H](NC(=O)c1c(NC(=O)c2cccnc2)sc2c1CCCC2)C(=O)O. The fraction of sp³-hybridized carbons (Fsp3) is 0.333. The first-order valence-corrected chi connectivity index (χ1v) is 9.18. The number of anilines is 1. The minimum atomic E-state index is -1.11. The van der Waals surface area contributed by atoms with E-state index in [9.17, 15) is 14.4 Å². The lowest BCUT2D eigenvalue weighted by Gasteiger charge is -2.14. The van der Waals surface area contributed by atoms with Crippen LogP contribution in [-0.4, -0.2) is 33.9 Å². The highest BCUT2D eigenvalue weighted by molar-refractivity contribution is 7.17. The Kier molecular flexibility index (Phi) is 5.32. The Hall–Kier alpha value is -2.74. The summed E-state index contributed by atoms with van der Waals surface area (Å²) in [5.74, 6) is -1.93. The summed E-state index contributed by atoms with van der Waals surface area (Å²) in [6, 6.07) is 2.29. The molecule has 7 nitrogen and oxygen atoms in total. The molecule has 8 heteroatoms. The van der Waals surface area contributed by atoms with Gasteiger partial charge in [0, 0.05) is 17.3 Å². The maximum absolute atomic E-state index is 12.7. The van der Waals surface area contributed by atoms with Gasteiger partial charge >= 0.3 is 5.97 Å². The van der Waals surface area contributed by atoms with Crippen LogP contribution in [0.5, 0.6) is 0 Å². The first-order chi connectivity index (χ1) is 12.5. The second-order valence-electron chi connectivity index (χ2n) is 6.14. The topological polar surface area (TPSA) is 108 Å². The molecule has 2 aromatic rings. The molecule has 2 aromatic heterocycles. The maximum Gasteiger partial charge on any atom is 0.325 e. The van der Waals surface area contributed by atoms with Crippen LogP contribution in [0.4, 0.5) is 5.00 Å². The number of nitrogens with one attached hydrogen (secondary N) is 2. The largest absolute Gasteiger partial charge is 0.480 e. The second-order valence-corrected chi connectivity index (χ2v) is 7.25. The Morgan fingerprint density at radius 1 is 1.23 bits per heavy atom. The lowest BCUT2D eigenvalue weighted by molar-refractivity contribution is -0.138. The normalized spacial score (nSPS) is 14.2. The van der Waals surface area contributed by atoms with Crippen LogP contribution in [0.2, 0.25) is 0 Å². The van der Waals surface area contributed by atoms with Crippen LogP contribution in [0.1, 0.15) is 50.9 Å². The average Bonchev–Trinajstić information content (AvgIpc) is 3.00. The predicted molar refractivity (Wildman–Crippen MR) is 97.7 cm³/mol. The van der Waals surface area contributed by atoms with Gasteiger partial charge in [-0.3, -0.25) is 19.4 Å². The smallest absolute Gasteiger partial charge is 0.325 e. The predicted octanol–water partition coefficient (Wildman–Crippen LogP) is 2.48. The molecule has 2 amide bonds. The third-order valence-electron chi connectivity index (χ3n) is 4.27. The van der Waals surface area contributed by atoms with E-state index >= 15 is 0 Å². The number of pyridine rings is 1. The summed E-state index contributed by atoms with van der Waals surface area (Å²) in [5.41, 5.74) is 1.69. The second kappa shape index (κ2) is 7.65. The van der Waals surface area contributed by atoms with Crippen LogP contribution in [0, 0.1) is 0 Å². The quantitative estimate of drug-likeness (QED) is 0.746. The van der Waals surface area contributed by atoms with Crippen LogP contribution in [0.3, 0.4) is 0 Å². The molecule has 2 heterocycles. The molecule has 0 aliphatic heterocycles. The van der Waals surface area contributed by atoms with Gasteiger partial charge in [-0.15, -0.1) is 11.3 Å². The van der Waals surface area contributed by atoms with Gasteiger partial charge in [0.2, 0.25) is 0 Å². The van der Waals surface area contributed by atoms with Crippen molar-refractivity contribution >= 4 is 34.1 Å². The van der Waals surface area contributed by atoms with Gasteiger partial charge in [-0.1, -0.05) is 0 Å². The molecule has 0 fully saturated rings. The van der Waals surface area contributed by atoms with E-state index < -0.39 is 17.9 Å². The third-order valence-corrected chi connectivity index (χ3v) is 5.47. The summed E-state index contributed by atoms with van der Waals surface area (Å²) < 4.78 is 0. The fourth-order valence-electron chi connectivity index (χ4n) is 2.90. The molecule has 136 valence electrons. The van der Waals surface area contributed by atoms with Crippen molar-refractivity contribution in [3.05, 3.63) is 46.1 Å². The molecular formula is C18H19N3O4S. The number of thiophene rings is 1. The Bertz CT molecular complexity index is 848. The van der Waals surface area contributed by atoms with Crippen molar-refractivity contribution in [3.8, 4) is 0 Å². The van der Waals surface area contributed by atoms with Crippen molar-refractivity contribution in [3.63, 3.8) is 0 Å². The summed E-state index contributed by atoms with van der Waals surface area (Å²) in [5, 5.41) is 14.8. The Morgan fingerprint density at radius 2 is 2.00 bits per heavy atom. The van der Waals surface area contributed by atoms with Crippen molar-refractivity contribution in [2.45, 2.75) is 38.6 Å². The Balaban J connectivity index is 1.92. The summed E-state index contributed by atoms with van der Waals surface area (Å²) in [6.07, 6.45) is 6.64. The summed E-state index contributed by atoms with van der Waals surface area (Å²) >= 11 is 1.39. The molecule has 0 spiro atoms. The van der Waals surface area contributed by atoms with Crippen LogP contribution in [0.25, 0.3) is 0 Å². The van der Waals surface area contributed by atoms with Crippen molar-refractivity contribution in [2.75, 3.05) is 5.32 Å². The molecule has 0 radical (unpaired) electrons. The van der Waals surface area contributed by atoms with E-state index in [1.54, 1.807) is 18.3 Å². The molecule has 3 rings (SSSR count). The van der Waals surface area contributed by atoms with Crippen LogP contribution in [-0.2, 0) is 17.6 Å². The van der Waals surface area contributed by atoms with E-state index in [2.05, 4.69) is 15.6 Å². The van der Waals surface area contributed by atoms with E-state index in [0.29, 0.717) is 16.1 Å². The zero-order chi connectivity index (χ0) is 18.7. The maximum atomic E-state index is 12.7. The van der Waals surface area contributed by atoms with Crippen molar-refractivity contribution in [1.29, 1.82) is 0 Å². The van der Waals surface area contributed by atoms with E-state index in [0.717, 1.165) is 36.1 Å². The number of hydrogen-bond donors (Lipinski definition) is 3. The molecule has 0 saturated carbocycles. The van der Waals surface area contributed by atoms with Crippen LogP contribution < -0.4 is 10.6 Å². The van der Waals surface area contributed by atoms with Gasteiger partial charge in [-0.25, -0.2) is 0 Å². The highest BCUT2D eigenvalue weighted by atomic mass is 32.1. The molecule has 0 bridgehead atoms. The van der Waals surface area contributed by atoms with E-state index in [1.807, 2.05) is 0 Å². The molecule has 1 atom stereocenters. The van der Waals surface area contributed by atoms with Gasteiger partial charge in [0.05, 0.1) is 11.1 Å². The van der Waals surface area contributed by atoms with E-state index in [-0.39, 0.29) is 5.91 Å². The summed E-state index contributed by atoms with van der Waals surface area (Å²) in [7, 11) is 0. The number of carbonyl (C=O) groups excluding carboxylic acids is 2. The lowest BCUT2D eigenvalue weighted by Crippen LogP contribution is -2.39. The number of hydrogen-bond acceptors (Lipinski definition) is 5. The number of fused-ring (bicyclic) bond motifs is 1. The average molecular weight is 373 g/mol. The summed E-state index contributed by atoms with van der Waals surface area (Å²) in [4.78, 5) is 41.2. The number of amides is 2. The number of aromatic nitrogens is 1. The number of nitrogens with zero attached hydrogens (tertiary/aromatic N) is 1. The van der Waals surface area contributed by atoms with Gasteiger partial charge in [0.15, 0.2) is 0 Å². The fourth-order valence-corrected chi connectivity index (χ4v) is 4.18. The van der Waals surface area contributed by atoms with Crippen LogP contribution in [0.15, 0.2) is 24.5 Å². The number of carbonyl (C=O) groups is 3. The molecule has 26 heavy (non-hydrogen) atoms. The highest BCUT2D eigenvalue weighted by Crippen LogP contribution is 2.38. The van der Waals surface area contributed by atoms with Gasteiger partial charge in [-0.2, -0.15) is 0 Å². The van der Waals surface area contributed by atoms with Gasteiger partial charge in [0.1, 0.15) is 11.0 Å². The number of carboxylic acids is 1. The molecular weight excluding hydrogens is 354 g/mol. The molecule has 0 aromatic carbocycles. The zero-order valence-electron chi connectivity index (χ0n) is 14.2. The molecule has 1 aliphatic carbocycles. The van der Waals surface area contributed by atoms with Crippen molar-refractivity contribution < 1.29 is 19.5 Å². The monoisotopic (exact) mass is 373 g/mol. The molecule has 0 saturated heterocycles. The van der Waals surface area contributed by atoms with Crippen LogP contribution >= 0.6 is 11.3 Å². The van der Waals surface area contributed by atoms with Gasteiger partial charge in [0.25, 0.3) is 11.8 Å². The molecule has 0 unspecified atom stereocenters. The zero-order valence-corrected chi connectivity index (χ0v) is 15.1. The number of aryl methyl sites for hydroxylation is 1. The van der Waals surface area contributed by atoms with Gasteiger partial charge in [-0.05, 0) is 50.3 Å². The highest BCUT2D eigenvalue weighted by Gasteiger charge is 2.28. The Labute approximate surface area is 154 Å². The minimum Gasteiger partial charge on any atom is -0.480 e. The molecule has 1 aliphatic rings. The molecule has 3 N–H and O–H groups in total. The number of rotatable bonds is 5.